The van der Waals surface area contributed by atoms with Crippen molar-refractivity contribution in [2.75, 3.05) is 30.8 Å². The number of hydrogen-bond donors (Lipinski definition) is 2. The molecule has 0 bridgehead atoms. The number of piperidine rings is 1. The summed E-state index contributed by atoms with van der Waals surface area (Å²) in [5.74, 6) is -0.0162. The lowest BCUT2D eigenvalue weighted by atomic mass is 9.89. The molecule has 4 N–H and O–H groups in total. The Hall–Kier alpha value is -1.81. The highest BCUT2D eigenvalue weighted by Gasteiger charge is 2.39. The van der Waals surface area contributed by atoms with Crippen LogP contribution in [0.1, 0.15) is 50.3 Å². The molecule has 31 heavy (non-hydrogen) atoms. The zero-order valence-corrected chi connectivity index (χ0v) is 20.3. The molecule has 1 aliphatic heterocycles. The minimum atomic E-state index is -1.16. The smallest absolute Gasteiger partial charge is 0.414 e. The molecule has 0 aromatic heterocycles. The molecule has 0 aliphatic carbocycles. The number of amides is 2. The van der Waals surface area contributed by atoms with E-state index in [2.05, 4.69) is 0 Å². The number of anilines is 1. The Labute approximate surface area is 188 Å². The Morgan fingerprint density at radius 3 is 2.19 bits per heavy atom. The average molecular weight is 453 g/mol. The van der Waals surface area contributed by atoms with E-state index in [1.807, 2.05) is 51.1 Å². The molecule has 174 valence electrons. The summed E-state index contributed by atoms with van der Waals surface area (Å²) in [5, 5.41) is 0. The highest BCUT2D eigenvalue weighted by atomic mass is 32.2. The zero-order valence-electron chi connectivity index (χ0n) is 19.5. The second-order valence-corrected chi connectivity index (χ2v) is 10.9. The molecular weight excluding hydrogens is 416 g/mol. The van der Waals surface area contributed by atoms with E-state index < -0.39 is 34.5 Å². The second kappa shape index (κ2) is 9.77. The van der Waals surface area contributed by atoms with Crippen molar-refractivity contribution in [2.24, 2.45) is 11.5 Å². The van der Waals surface area contributed by atoms with Gasteiger partial charge in [-0.3, -0.25) is 9.69 Å². The summed E-state index contributed by atoms with van der Waals surface area (Å²) in [6.45, 7) is 10.5. The van der Waals surface area contributed by atoms with Crippen molar-refractivity contribution < 1.29 is 18.9 Å². The van der Waals surface area contributed by atoms with Gasteiger partial charge in [0.05, 0.1) is 5.54 Å². The lowest BCUT2D eigenvalue weighted by Gasteiger charge is -2.36. The van der Waals surface area contributed by atoms with Crippen molar-refractivity contribution in [3.63, 3.8) is 0 Å². The van der Waals surface area contributed by atoms with Gasteiger partial charge in [-0.05, 0) is 76.3 Å². The van der Waals surface area contributed by atoms with Crippen molar-refractivity contribution in [1.29, 1.82) is 0 Å². The molecule has 1 aromatic rings. The third-order valence-corrected chi connectivity index (χ3v) is 7.15. The van der Waals surface area contributed by atoms with E-state index >= 15 is 0 Å². The highest BCUT2D eigenvalue weighted by molar-refractivity contribution is 7.89. The van der Waals surface area contributed by atoms with E-state index in [4.69, 9.17) is 16.2 Å². The van der Waals surface area contributed by atoms with Crippen LogP contribution in [0.3, 0.4) is 0 Å². The molecule has 1 saturated heterocycles. The normalized spacial score (nSPS) is 17.8. The molecule has 0 spiro atoms. The van der Waals surface area contributed by atoms with E-state index in [0.29, 0.717) is 38.1 Å². The number of primary amides is 1. The maximum absolute atomic E-state index is 12.8. The van der Waals surface area contributed by atoms with E-state index in [-0.39, 0.29) is 0 Å². The number of carbonyl (C=O) groups is 2. The van der Waals surface area contributed by atoms with Gasteiger partial charge in [-0.1, -0.05) is 0 Å². The van der Waals surface area contributed by atoms with Crippen LogP contribution in [0.4, 0.5) is 10.5 Å². The lowest BCUT2D eigenvalue weighted by Crippen LogP contribution is -2.59. The van der Waals surface area contributed by atoms with Crippen LogP contribution in [0.25, 0.3) is 0 Å². The Kier molecular flexibility index (Phi) is 8.02. The molecule has 0 radical (unpaired) electrons. The van der Waals surface area contributed by atoms with Crippen LogP contribution in [0.2, 0.25) is 0 Å². The van der Waals surface area contributed by atoms with Crippen molar-refractivity contribution >= 4 is 29.0 Å². The molecule has 8 nitrogen and oxygen atoms in total. The first-order chi connectivity index (χ1) is 14.2. The summed E-state index contributed by atoms with van der Waals surface area (Å²) in [5.41, 5.74) is 13.8. The number of nitrogens with zero attached hydrogens (tertiary/aromatic N) is 2. The topological polar surface area (TPSA) is 125 Å². The zero-order chi connectivity index (χ0) is 23.6. The van der Waals surface area contributed by atoms with Gasteiger partial charge in [0.2, 0.25) is 5.91 Å². The third kappa shape index (κ3) is 6.58. The first-order valence-electron chi connectivity index (χ1n) is 10.5. The van der Waals surface area contributed by atoms with E-state index in [9.17, 15) is 14.1 Å². The van der Waals surface area contributed by atoms with Crippen molar-refractivity contribution in [1.82, 2.24) is 4.31 Å². The van der Waals surface area contributed by atoms with Crippen molar-refractivity contribution in [3.05, 3.63) is 28.8 Å². The fourth-order valence-electron chi connectivity index (χ4n) is 3.65. The van der Waals surface area contributed by atoms with Crippen LogP contribution in [-0.2, 0) is 27.3 Å². The van der Waals surface area contributed by atoms with Gasteiger partial charge in [0.25, 0.3) is 0 Å². The molecule has 1 aliphatic rings. The van der Waals surface area contributed by atoms with Crippen LogP contribution in [0, 0.1) is 13.8 Å². The van der Waals surface area contributed by atoms with E-state index in [1.54, 1.807) is 7.05 Å². The number of benzene rings is 1. The van der Waals surface area contributed by atoms with Crippen LogP contribution >= 0.6 is 0 Å². The van der Waals surface area contributed by atoms with Crippen molar-refractivity contribution in [2.45, 2.75) is 65.0 Å². The minimum absolute atomic E-state index is 0.405. The Morgan fingerprint density at radius 1 is 1.23 bits per heavy atom. The number of rotatable bonds is 6. The van der Waals surface area contributed by atoms with Crippen LogP contribution in [0.5, 0.6) is 0 Å². The molecule has 1 atom stereocenters. The number of carbonyl (C=O) groups excluding carboxylic acids is 2. The quantitative estimate of drug-likeness (QED) is 0.637. The predicted molar refractivity (Wildman–Crippen MR) is 124 cm³/mol. The Bertz CT molecular complexity index is 793. The number of nitrogens with two attached hydrogens (primary N) is 2. The summed E-state index contributed by atoms with van der Waals surface area (Å²) in [6, 6.07) is 3.90. The van der Waals surface area contributed by atoms with Crippen LogP contribution in [-0.4, -0.2) is 57.9 Å². The summed E-state index contributed by atoms with van der Waals surface area (Å²) in [6.07, 6.45) is 1.08. The van der Waals surface area contributed by atoms with Crippen molar-refractivity contribution in [3.8, 4) is 0 Å². The highest BCUT2D eigenvalue weighted by Crippen LogP contribution is 2.26. The Balaban J connectivity index is 2.00. The lowest BCUT2D eigenvalue weighted by molar-refractivity contribution is -0.124. The monoisotopic (exact) mass is 452 g/mol. The summed E-state index contributed by atoms with van der Waals surface area (Å²) in [7, 11) is 1.69. The first kappa shape index (κ1) is 25.5. The van der Waals surface area contributed by atoms with Gasteiger partial charge in [0.1, 0.15) is 11.4 Å². The molecule has 1 heterocycles. The van der Waals surface area contributed by atoms with Gasteiger partial charge >= 0.3 is 6.09 Å². The van der Waals surface area contributed by atoms with Gasteiger partial charge in [0.15, 0.2) is 0 Å². The molecule has 0 saturated carbocycles. The molecule has 2 rings (SSSR count). The predicted octanol–water partition coefficient (Wildman–Crippen LogP) is 2.16. The van der Waals surface area contributed by atoms with E-state index in [0.717, 1.165) is 22.4 Å². The van der Waals surface area contributed by atoms with Gasteiger partial charge in [-0.2, -0.15) is 0 Å². The summed E-state index contributed by atoms with van der Waals surface area (Å²) >= 11 is -1.16. The molecule has 1 fully saturated rings. The van der Waals surface area contributed by atoms with Gasteiger partial charge < -0.3 is 20.8 Å². The SMILES string of the molecule is Cc1cc(N(C)C(=O)OC(C)(C)C)cc(C)c1CC[S+]([O-])N1CCC(N)(C(N)=O)CC1. The largest absolute Gasteiger partial charge is 0.598 e. The van der Waals surface area contributed by atoms with E-state index in [1.165, 1.54) is 4.90 Å². The maximum Gasteiger partial charge on any atom is 0.414 e. The summed E-state index contributed by atoms with van der Waals surface area (Å²) < 4.78 is 20.1. The number of ether oxygens (including phenoxy) is 1. The second-order valence-electron chi connectivity index (χ2n) is 9.32. The Morgan fingerprint density at radius 2 is 1.74 bits per heavy atom. The van der Waals surface area contributed by atoms with Gasteiger partial charge in [-0.15, -0.1) is 4.31 Å². The molecule has 1 unspecified atom stereocenters. The fourth-order valence-corrected chi connectivity index (χ4v) is 4.87. The number of aryl methyl sites for hydroxylation is 2. The van der Waals surface area contributed by atoms with Crippen LogP contribution < -0.4 is 16.4 Å². The first-order valence-corrected chi connectivity index (χ1v) is 11.8. The van der Waals surface area contributed by atoms with Crippen LogP contribution in [0.15, 0.2) is 12.1 Å². The molecule has 1 aromatic carbocycles. The number of hydrogen-bond acceptors (Lipinski definition) is 6. The average Bonchev–Trinajstić information content (AvgIpc) is 2.65. The summed E-state index contributed by atoms with van der Waals surface area (Å²) in [4.78, 5) is 25.4. The molecule has 9 heteroatoms. The standard InChI is InChI=1S/C22H36N4O4S/c1-15-13-17(25(6)20(28)30-21(3,4)5)14-16(2)18(15)7-12-31(29)26-10-8-22(24,9-11-26)19(23)27/h13-14H,7-12,24H2,1-6H3,(H2,23,27). The molecular formula is C22H36N4O4S. The third-order valence-electron chi connectivity index (χ3n) is 5.66. The minimum Gasteiger partial charge on any atom is -0.598 e. The van der Waals surface area contributed by atoms with Gasteiger partial charge in [0, 0.05) is 43.6 Å². The maximum atomic E-state index is 12.8. The fraction of sp³-hybridized carbons (Fsp3) is 0.636. The van der Waals surface area contributed by atoms with Gasteiger partial charge in [-0.25, -0.2) is 4.79 Å². The molecule has 2 amide bonds.